The lowest BCUT2D eigenvalue weighted by Crippen LogP contribution is -2.16. The molecule has 1 atom stereocenters. The van der Waals surface area contributed by atoms with Gasteiger partial charge in [-0.05, 0) is 62.2 Å². The monoisotopic (exact) mass is 231 g/mol. The van der Waals surface area contributed by atoms with E-state index in [1.807, 2.05) is 0 Å². The van der Waals surface area contributed by atoms with Gasteiger partial charge in [-0.15, -0.1) is 0 Å². The zero-order valence-electron chi connectivity index (χ0n) is 10.4. The summed E-state index contributed by atoms with van der Waals surface area (Å²) in [6, 6.07) is 0.195. The lowest BCUT2D eigenvalue weighted by atomic mass is 9.96. The average molecular weight is 231 g/mol. The van der Waals surface area contributed by atoms with E-state index in [0.717, 1.165) is 37.7 Å². The number of nitrogens with two attached hydrogens (primary N) is 1. The lowest BCUT2D eigenvalue weighted by Gasteiger charge is -2.10. The van der Waals surface area contributed by atoms with Gasteiger partial charge >= 0.3 is 0 Å². The van der Waals surface area contributed by atoms with Crippen LogP contribution in [0.2, 0.25) is 0 Å². The summed E-state index contributed by atoms with van der Waals surface area (Å²) in [4.78, 5) is 10.8. The molecule has 0 aliphatic heterocycles. The zero-order valence-corrected chi connectivity index (χ0v) is 10.4. The Hall–Kier alpha value is -1.11. The van der Waals surface area contributed by atoms with Crippen LogP contribution in [-0.4, -0.2) is 12.0 Å². The molecular formula is C15H21NO. The Morgan fingerprint density at radius 1 is 1.06 bits per heavy atom. The van der Waals surface area contributed by atoms with Gasteiger partial charge in [0, 0.05) is 11.6 Å². The first-order valence-corrected chi connectivity index (χ1v) is 6.71. The van der Waals surface area contributed by atoms with Gasteiger partial charge in [0.15, 0.2) is 0 Å². The molecule has 2 heteroatoms. The van der Waals surface area contributed by atoms with Crippen LogP contribution >= 0.6 is 0 Å². The summed E-state index contributed by atoms with van der Waals surface area (Å²) in [7, 11) is 0. The molecule has 0 amide bonds. The third-order valence-electron chi connectivity index (χ3n) is 3.68. The van der Waals surface area contributed by atoms with E-state index in [4.69, 9.17) is 5.73 Å². The fourth-order valence-corrected chi connectivity index (χ4v) is 2.71. The number of hydrogen-bond acceptors (Lipinski definition) is 2. The minimum atomic E-state index is 0.195. The first kappa shape index (κ1) is 12.3. The smallest absolute Gasteiger partial charge is 0.127 e. The molecule has 17 heavy (non-hydrogen) atoms. The minimum absolute atomic E-state index is 0.195. The van der Waals surface area contributed by atoms with Gasteiger partial charge in [-0.2, -0.15) is 0 Å². The van der Waals surface area contributed by atoms with Gasteiger partial charge in [-0.3, -0.25) is 0 Å². The Labute approximate surface area is 103 Å². The summed E-state index contributed by atoms with van der Waals surface area (Å²) in [6.07, 6.45) is 13.2. The highest BCUT2D eigenvalue weighted by Gasteiger charge is 2.14. The Morgan fingerprint density at radius 3 is 2.59 bits per heavy atom. The molecule has 0 aromatic rings. The van der Waals surface area contributed by atoms with Crippen LogP contribution in [0.1, 0.15) is 51.4 Å². The average Bonchev–Trinajstić information content (AvgIpc) is 2.68. The van der Waals surface area contributed by atoms with E-state index in [1.165, 1.54) is 30.4 Å². The normalized spacial score (nSPS) is 26.4. The highest BCUT2D eigenvalue weighted by atomic mass is 16.1. The van der Waals surface area contributed by atoms with Crippen LogP contribution in [0, 0.1) is 0 Å². The summed E-state index contributed by atoms with van der Waals surface area (Å²) in [5.74, 6) is 2.07. The van der Waals surface area contributed by atoms with Crippen molar-refractivity contribution < 1.29 is 4.79 Å². The first-order chi connectivity index (χ1) is 8.29. The third kappa shape index (κ3) is 3.42. The SMILES string of the molecule is NC1C=C(C2=CC(=C=O)CCCC2)CCCC1. The summed E-state index contributed by atoms with van der Waals surface area (Å²) < 4.78 is 0. The van der Waals surface area contributed by atoms with Crippen molar-refractivity contribution >= 4 is 5.94 Å². The predicted octanol–water partition coefficient (Wildman–Crippen LogP) is 3.07. The largest absolute Gasteiger partial charge is 0.324 e. The standard InChI is InChI=1S/C15H21NO/c16-15-8-4-3-7-14(10-15)13-6-2-1-5-12(9-13)11-17/h9-10,15H,1-8,16H2. The Bertz CT molecular complexity index is 386. The second-order valence-electron chi connectivity index (χ2n) is 5.11. The van der Waals surface area contributed by atoms with Crippen LogP contribution in [0.5, 0.6) is 0 Å². The third-order valence-corrected chi connectivity index (χ3v) is 3.68. The van der Waals surface area contributed by atoms with E-state index in [9.17, 15) is 4.79 Å². The van der Waals surface area contributed by atoms with Crippen LogP contribution in [0.3, 0.4) is 0 Å². The summed E-state index contributed by atoms with van der Waals surface area (Å²) >= 11 is 0. The topological polar surface area (TPSA) is 43.1 Å². The van der Waals surface area contributed by atoms with Crippen molar-refractivity contribution in [2.45, 2.75) is 57.4 Å². The molecule has 1 unspecified atom stereocenters. The van der Waals surface area contributed by atoms with E-state index >= 15 is 0 Å². The molecule has 0 aromatic heterocycles. The van der Waals surface area contributed by atoms with Gasteiger partial charge in [-0.1, -0.05) is 12.5 Å². The van der Waals surface area contributed by atoms with Crippen LogP contribution < -0.4 is 5.73 Å². The summed E-state index contributed by atoms with van der Waals surface area (Å²) in [5, 5.41) is 0. The van der Waals surface area contributed by atoms with Crippen molar-refractivity contribution in [1.29, 1.82) is 0 Å². The van der Waals surface area contributed by atoms with E-state index < -0.39 is 0 Å². The number of allylic oxidation sites excluding steroid dienone is 4. The Morgan fingerprint density at radius 2 is 1.76 bits per heavy atom. The van der Waals surface area contributed by atoms with Crippen LogP contribution in [-0.2, 0) is 4.79 Å². The molecule has 0 spiro atoms. The van der Waals surface area contributed by atoms with Crippen molar-refractivity contribution in [3.05, 3.63) is 28.9 Å². The molecule has 0 radical (unpaired) electrons. The molecule has 0 saturated carbocycles. The zero-order chi connectivity index (χ0) is 12.1. The highest BCUT2D eigenvalue weighted by Crippen LogP contribution is 2.30. The van der Waals surface area contributed by atoms with Crippen LogP contribution in [0.25, 0.3) is 0 Å². The molecule has 0 heterocycles. The minimum Gasteiger partial charge on any atom is -0.324 e. The van der Waals surface area contributed by atoms with Crippen molar-refractivity contribution in [2.75, 3.05) is 0 Å². The fourth-order valence-electron chi connectivity index (χ4n) is 2.71. The van der Waals surface area contributed by atoms with Gasteiger partial charge in [0.1, 0.15) is 5.94 Å². The van der Waals surface area contributed by atoms with E-state index in [2.05, 4.69) is 18.1 Å². The quantitative estimate of drug-likeness (QED) is 0.705. The molecule has 2 rings (SSSR count). The van der Waals surface area contributed by atoms with Crippen molar-refractivity contribution in [3.8, 4) is 0 Å². The molecule has 2 N–H and O–H groups in total. The van der Waals surface area contributed by atoms with Gasteiger partial charge in [0.25, 0.3) is 0 Å². The second kappa shape index (κ2) is 6.00. The van der Waals surface area contributed by atoms with E-state index in [1.54, 1.807) is 0 Å². The maximum atomic E-state index is 10.8. The molecule has 0 aromatic carbocycles. The second-order valence-corrected chi connectivity index (χ2v) is 5.11. The summed E-state index contributed by atoms with van der Waals surface area (Å²) in [5.41, 5.74) is 9.59. The van der Waals surface area contributed by atoms with E-state index in [-0.39, 0.29) is 6.04 Å². The summed E-state index contributed by atoms with van der Waals surface area (Å²) in [6.45, 7) is 0. The molecule has 0 fully saturated rings. The van der Waals surface area contributed by atoms with Crippen molar-refractivity contribution in [1.82, 2.24) is 0 Å². The molecule has 2 aliphatic carbocycles. The molecule has 2 nitrogen and oxygen atoms in total. The lowest BCUT2D eigenvalue weighted by molar-refractivity contribution is 0.566. The maximum Gasteiger partial charge on any atom is 0.127 e. The highest BCUT2D eigenvalue weighted by molar-refractivity contribution is 5.59. The maximum absolute atomic E-state index is 10.8. The number of hydrogen-bond donors (Lipinski definition) is 1. The molecule has 0 bridgehead atoms. The predicted molar refractivity (Wildman–Crippen MR) is 70.3 cm³/mol. The van der Waals surface area contributed by atoms with Crippen LogP contribution in [0.4, 0.5) is 0 Å². The Kier molecular flexibility index (Phi) is 4.36. The van der Waals surface area contributed by atoms with Gasteiger partial charge < -0.3 is 5.73 Å². The first-order valence-electron chi connectivity index (χ1n) is 6.71. The van der Waals surface area contributed by atoms with Gasteiger partial charge in [0.05, 0.1) is 0 Å². The van der Waals surface area contributed by atoms with Crippen molar-refractivity contribution in [2.24, 2.45) is 5.73 Å². The Balaban J connectivity index is 2.24. The molecule has 2 aliphatic rings. The molecule has 0 saturated heterocycles. The fraction of sp³-hybridized carbons (Fsp3) is 0.600. The number of rotatable bonds is 1. The van der Waals surface area contributed by atoms with Gasteiger partial charge in [-0.25, -0.2) is 4.79 Å². The van der Waals surface area contributed by atoms with Crippen LogP contribution in [0.15, 0.2) is 28.9 Å². The van der Waals surface area contributed by atoms with Gasteiger partial charge in [0.2, 0.25) is 0 Å². The molecular weight excluding hydrogens is 210 g/mol. The molecule has 92 valence electrons. The van der Waals surface area contributed by atoms with E-state index in [0.29, 0.717) is 0 Å². The number of carbonyl (C=O) groups excluding carboxylic acids is 1. The van der Waals surface area contributed by atoms with Crippen molar-refractivity contribution in [3.63, 3.8) is 0 Å².